The van der Waals surface area contributed by atoms with Gasteiger partial charge in [0.15, 0.2) is 17.6 Å². The first-order chi connectivity index (χ1) is 11.9. The molecule has 0 aliphatic heterocycles. The predicted octanol–water partition coefficient (Wildman–Crippen LogP) is 2.54. The molecular weight excluding hydrogens is 393 g/mol. The molecule has 1 aromatic carbocycles. The van der Waals surface area contributed by atoms with Crippen molar-refractivity contribution in [3.05, 3.63) is 55.5 Å². The molecule has 0 fully saturated rings. The standard InChI is InChI=1S/C14H8Cl3N5O3/c15-8-10(18)9(16)12(17)19-11(8)14(24)25-5-22-13(23)6-3-1-2-4-7(6)20-21-22/h1-4H,5H2,(H2,18,19). The smallest absolute Gasteiger partial charge is 0.360 e. The summed E-state index contributed by atoms with van der Waals surface area (Å²) in [5.41, 5.74) is 5.18. The van der Waals surface area contributed by atoms with Crippen LogP contribution < -0.4 is 11.3 Å². The number of hydrogen-bond acceptors (Lipinski definition) is 7. The number of fused-ring (bicyclic) bond motifs is 1. The number of rotatable bonds is 3. The summed E-state index contributed by atoms with van der Waals surface area (Å²) in [4.78, 5) is 28.1. The summed E-state index contributed by atoms with van der Waals surface area (Å²) in [7, 11) is 0. The van der Waals surface area contributed by atoms with Crippen molar-refractivity contribution in [3.63, 3.8) is 0 Å². The molecule has 0 spiro atoms. The third-order valence-corrected chi connectivity index (χ3v) is 4.35. The Morgan fingerprint density at radius 1 is 1.20 bits per heavy atom. The van der Waals surface area contributed by atoms with Crippen LogP contribution >= 0.6 is 34.8 Å². The van der Waals surface area contributed by atoms with Crippen molar-refractivity contribution in [1.29, 1.82) is 0 Å². The highest BCUT2D eigenvalue weighted by Crippen LogP contribution is 2.34. The number of carbonyl (C=O) groups excluding carboxylic acids is 1. The van der Waals surface area contributed by atoms with Gasteiger partial charge in [0, 0.05) is 0 Å². The Balaban J connectivity index is 1.86. The number of halogens is 3. The summed E-state index contributed by atoms with van der Waals surface area (Å²) >= 11 is 17.5. The lowest BCUT2D eigenvalue weighted by Crippen LogP contribution is -2.26. The lowest BCUT2D eigenvalue weighted by atomic mass is 10.2. The Bertz CT molecular complexity index is 1050. The van der Waals surface area contributed by atoms with Gasteiger partial charge < -0.3 is 10.5 Å². The fourth-order valence-electron chi connectivity index (χ4n) is 1.96. The van der Waals surface area contributed by atoms with Gasteiger partial charge in [-0.05, 0) is 12.1 Å². The predicted molar refractivity (Wildman–Crippen MR) is 92.9 cm³/mol. The van der Waals surface area contributed by atoms with Gasteiger partial charge in [0.2, 0.25) is 0 Å². The van der Waals surface area contributed by atoms with Crippen LogP contribution in [0, 0.1) is 0 Å². The minimum atomic E-state index is -0.947. The highest BCUT2D eigenvalue weighted by molar-refractivity contribution is 6.46. The Hall–Kier alpha value is -2.42. The molecule has 2 aromatic heterocycles. The minimum Gasteiger partial charge on any atom is -0.437 e. The molecule has 0 unspecified atom stereocenters. The quantitative estimate of drug-likeness (QED) is 0.531. The largest absolute Gasteiger partial charge is 0.437 e. The van der Waals surface area contributed by atoms with E-state index in [0.717, 1.165) is 4.68 Å². The molecule has 0 bridgehead atoms. The molecule has 0 aliphatic carbocycles. The molecule has 128 valence electrons. The number of anilines is 1. The molecule has 0 saturated carbocycles. The highest BCUT2D eigenvalue weighted by atomic mass is 35.5. The lowest BCUT2D eigenvalue weighted by Gasteiger charge is -2.09. The monoisotopic (exact) mass is 399 g/mol. The van der Waals surface area contributed by atoms with Gasteiger partial charge in [-0.15, -0.1) is 5.10 Å². The van der Waals surface area contributed by atoms with Crippen LogP contribution in [0.1, 0.15) is 10.5 Å². The van der Waals surface area contributed by atoms with Crippen LogP contribution in [-0.2, 0) is 11.5 Å². The zero-order valence-corrected chi connectivity index (χ0v) is 14.5. The second-order valence-electron chi connectivity index (χ2n) is 4.77. The van der Waals surface area contributed by atoms with E-state index in [4.69, 9.17) is 45.3 Å². The van der Waals surface area contributed by atoms with Crippen molar-refractivity contribution in [2.75, 3.05) is 5.73 Å². The van der Waals surface area contributed by atoms with Crippen molar-refractivity contribution in [2.45, 2.75) is 6.73 Å². The fraction of sp³-hybridized carbons (Fsp3) is 0.0714. The zero-order valence-electron chi connectivity index (χ0n) is 12.2. The summed E-state index contributed by atoms with van der Waals surface area (Å²) in [6.45, 7) is -0.492. The summed E-state index contributed by atoms with van der Waals surface area (Å²) in [5, 5.41) is 7.44. The number of nitrogen functional groups attached to an aromatic ring is 1. The van der Waals surface area contributed by atoms with Gasteiger partial charge in [0.25, 0.3) is 5.56 Å². The maximum atomic E-state index is 12.3. The SMILES string of the molecule is Nc1c(Cl)c(Cl)nc(C(=O)OCn2nnc3ccccc3c2=O)c1Cl. The van der Waals surface area contributed by atoms with E-state index in [1.807, 2.05) is 0 Å². The number of pyridine rings is 1. The normalized spacial score (nSPS) is 10.8. The van der Waals surface area contributed by atoms with Crippen LogP contribution in [0.3, 0.4) is 0 Å². The van der Waals surface area contributed by atoms with Gasteiger partial charge in [0.1, 0.15) is 10.5 Å². The van der Waals surface area contributed by atoms with Crippen LogP contribution in [0.25, 0.3) is 10.9 Å². The molecule has 0 atom stereocenters. The van der Waals surface area contributed by atoms with E-state index in [1.54, 1.807) is 24.3 Å². The number of carbonyl (C=O) groups is 1. The topological polar surface area (TPSA) is 113 Å². The molecule has 0 aliphatic rings. The molecule has 8 nitrogen and oxygen atoms in total. The first-order valence-corrected chi connectivity index (χ1v) is 7.83. The van der Waals surface area contributed by atoms with Crippen LogP contribution in [0.2, 0.25) is 15.2 Å². The van der Waals surface area contributed by atoms with E-state index in [9.17, 15) is 9.59 Å². The second kappa shape index (κ2) is 6.83. The molecular formula is C14H8Cl3N5O3. The molecule has 2 N–H and O–H groups in total. The first-order valence-electron chi connectivity index (χ1n) is 6.69. The van der Waals surface area contributed by atoms with Gasteiger partial charge >= 0.3 is 5.97 Å². The number of esters is 1. The second-order valence-corrected chi connectivity index (χ2v) is 5.88. The van der Waals surface area contributed by atoms with Crippen LogP contribution in [0.15, 0.2) is 29.1 Å². The molecule has 3 aromatic rings. The lowest BCUT2D eigenvalue weighted by molar-refractivity contribution is 0.0329. The van der Waals surface area contributed by atoms with E-state index in [1.165, 1.54) is 0 Å². The number of nitrogens with zero attached hydrogens (tertiary/aromatic N) is 4. The minimum absolute atomic E-state index is 0.0696. The molecule has 0 radical (unpaired) electrons. The molecule has 11 heteroatoms. The summed E-state index contributed by atoms with van der Waals surface area (Å²) < 4.78 is 5.88. The fourth-order valence-corrected chi connectivity index (χ4v) is 2.55. The van der Waals surface area contributed by atoms with E-state index >= 15 is 0 Å². The summed E-state index contributed by atoms with van der Waals surface area (Å²) in [5.74, 6) is -0.947. The average molecular weight is 401 g/mol. The van der Waals surface area contributed by atoms with E-state index in [0.29, 0.717) is 10.9 Å². The van der Waals surface area contributed by atoms with Crippen molar-refractivity contribution < 1.29 is 9.53 Å². The van der Waals surface area contributed by atoms with Crippen molar-refractivity contribution in [2.24, 2.45) is 0 Å². The number of benzene rings is 1. The number of hydrogen-bond donors (Lipinski definition) is 1. The van der Waals surface area contributed by atoms with Crippen molar-refractivity contribution >= 4 is 57.4 Å². The summed E-state index contributed by atoms with van der Waals surface area (Å²) in [6, 6.07) is 6.64. The first kappa shape index (κ1) is 17.4. The molecule has 0 saturated heterocycles. The van der Waals surface area contributed by atoms with E-state index < -0.39 is 18.3 Å². The van der Waals surface area contributed by atoms with Gasteiger partial charge in [-0.3, -0.25) is 4.79 Å². The van der Waals surface area contributed by atoms with E-state index in [2.05, 4.69) is 15.3 Å². The molecule has 2 heterocycles. The third kappa shape index (κ3) is 3.23. The Morgan fingerprint density at radius 2 is 1.92 bits per heavy atom. The van der Waals surface area contributed by atoms with Crippen LogP contribution in [0.5, 0.6) is 0 Å². The zero-order chi connectivity index (χ0) is 18.1. The average Bonchev–Trinajstić information content (AvgIpc) is 2.62. The number of aromatic nitrogens is 4. The van der Waals surface area contributed by atoms with Gasteiger partial charge in [0.05, 0.1) is 16.1 Å². The highest BCUT2D eigenvalue weighted by Gasteiger charge is 2.21. The van der Waals surface area contributed by atoms with E-state index in [-0.39, 0.29) is 26.6 Å². The summed E-state index contributed by atoms with van der Waals surface area (Å²) in [6.07, 6.45) is 0. The molecule has 25 heavy (non-hydrogen) atoms. The Labute approximate surface area is 155 Å². The Morgan fingerprint density at radius 3 is 2.68 bits per heavy atom. The molecule has 0 amide bonds. The van der Waals surface area contributed by atoms with Crippen molar-refractivity contribution in [3.8, 4) is 0 Å². The van der Waals surface area contributed by atoms with Crippen molar-refractivity contribution in [1.82, 2.24) is 20.0 Å². The van der Waals surface area contributed by atoms with Crippen LogP contribution in [-0.4, -0.2) is 25.9 Å². The van der Waals surface area contributed by atoms with Gasteiger partial charge in [-0.1, -0.05) is 52.1 Å². The van der Waals surface area contributed by atoms with Crippen LogP contribution in [0.4, 0.5) is 5.69 Å². The van der Waals surface area contributed by atoms with Gasteiger partial charge in [-0.2, -0.15) is 4.68 Å². The maximum absolute atomic E-state index is 12.3. The molecule has 3 rings (SSSR count). The third-order valence-electron chi connectivity index (χ3n) is 3.21. The number of nitrogens with two attached hydrogens (primary N) is 1. The maximum Gasteiger partial charge on any atom is 0.360 e. The number of ether oxygens (including phenoxy) is 1. The Kier molecular flexibility index (Phi) is 4.76. The van der Waals surface area contributed by atoms with Gasteiger partial charge in [-0.25, -0.2) is 9.78 Å².